The van der Waals surface area contributed by atoms with Gasteiger partial charge in [0.1, 0.15) is 0 Å². The molecule has 0 saturated carbocycles. The molecule has 0 fully saturated rings. The number of aliphatic carboxylic acids is 1. The third-order valence-electron chi connectivity index (χ3n) is 3.37. The van der Waals surface area contributed by atoms with Crippen molar-refractivity contribution in [3.05, 3.63) is 75.3 Å². The van der Waals surface area contributed by atoms with Crippen LogP contribution in [-0.4, -0.2) is 20.6 Å². The summed E-state index contributed by atoms with van der Waals surface area (Å²) in [7, 11) is 0. The van der Waals surface area contributed by atoms with Crippen LogP contribution >= 0.6 is 12.2 Å². The largest absolute Gasteiger partial charge is 0.478 e. The Morgan fingerprint density at radius 2 is 1.83 bits per heavy atom. The van der Waals surface area contributed by atoms with Gasteiger partial charge in [-0.25, -0.2) is 4.79 Å². The summed E-state index contributed by atoms with van der Waals surface area (Å²) in [4.78, 5) is 26.2. The van der Waals surface area contributed by atoms with Crippen LogP contribution in [0, 0.1) is 4.77 Å². The quantitative estimate of drug-likeness (QED) is 0.573. The van der Waals surface area contributed by atoms with E-state index in [1.54, 1.807) is 42.5 Å². The summed E-state index contributed by atoms with van der Waals surface area (Å²) in [5.41, 5.74) is 1.84. The van der Waals surface area contributed by atoms with E-state index in [0.29, 0.717) is 21.4 Å². The van der Waals surface area contributed by atoms with Gasteiger partial charge >= 0.3 is 5.97 Å². The Balaban J connectivity index is 2.12. The molecule has 0 aliphatic carbocycles. The lowest BCUT2D eigenvalue weighted by Gasteiger charge is -2.08. The lowest BCUT2D eigenvalue weighted by atomic mass is 10.2. The molecule has 2 aromatic carbocycles. The Kier molecular flexibility index (Phi) is 3.91. The molecule has 0 unspecified atom stereocenters. The van der Waals surface area contributed by atoms with Crippen LogP contribution in [0.5, 0.6) is 0 Å². The van der Waals surface area contributed by atoms with Gasteiger partial charge in [-0.15, -0.1) is 0 Å². The molecule has 3 rings (SSSR count). The highest BCUT2D eigenvalue weighted by Crippen LogP contribution is 2.12. The normalized spacial score (nSPS) is 11.1. The van der Waals surface area contributed by atoms with Crippen molar-refractivity contribution in [3.63, 3.8) is 0 Å². The van der Waals surface area contributed by atoms with Crippen LogP contribution in [0.2, 0.25) is 0 Å². The first kappa shape index (κ1) is 14.9. The predicted octanol–water partition coefficient (Wildman–Crippen LogP) is 3.15. The predicted molar refractivity (Wildman–Crippen MR) is 91.4 cm³/mol. The Morgan fingerprint density at radius 3 is 2.52 bits per heavy atom. The summed E-state index contributed by atoms with van der Waals surface area (Å²) in [5.74, 6) is -1.01. The minimum atomic E-state index is -1.01. The van der Waals surface area contributed by atoms with E-state index in [-0.39, 0.29) is 5.56 Å². The van der Waals surface area contributed by atoms with Gasteiger partial charge in [-0.3, -0.25) is 9.36 Å². The second kappa shape index (κ2) is 6.02. The number of carboxylic acids is 1. The zero-order valence-electron chi connectivity index (χ0n) is 11.9. The van der Waals surface area contributed by atoms with Crippen molar-refractivity contribution in [1.29, 1.82) is 0 Å². The number of aromatic amines is 1. The van der Waals surface area contributed by atoms with Crippen LogP contribution in [0.3, 0.4) is 0 Å². The number of hydrogen-bond acceptors (Lipinski definition) is 3. The maximum absolute atomic E-state index is 12.6. The van der Waals surface area contributed by atoms with Crippen LogP contribution < -0.4 is 5.56 Å². The third kappa shape index (κ3) is 2.97. The first-order chi connectivity index (χ1) is 11.1. The van der Waals surface area contributed by atoms with E-state index in [1.165, 1.54) is 10.6 Å². The van der Waals surface area contributed by atoms with E-state index in [4.69, 9.17) is 17.3 Å². The minimum Gasteiger partial charge on any atom is -0.478 e. The SMILES string of the molecule is O=C(O)/C=C/c1ccc(-n2c(=S)[nH]c3ccccc3c2=O)cc1. The van der Waals surface area contributed by atoms with Gasteiger partial charge in [0.15, 0.2) is 4.77 Å². The van der Waals surface area contributed by atoms with E-state index in [1.807, 2.05) is 6.07 Å². The van der Waals surface area contributed by atoms with Crippen molar-refractivity contribution in [2.75, 3.05) is 0 Å². The fourth-order valence-electron chi connectivity index (χ4n) is 2.30. The zero-order chi connectivity index (χ0) is 16.4. The van der Waals surface area contributed by atoms with Crippen LogP contribution in [-0.2, 0) is 4.79 Å². The molecule has 1 heterocycles. The molecular formula is C17H12N2O3S. The molecule has 0 aliphatic heterocycles. The summed E-state index contributed by atoms with van der Waals surface area (Å²) in [6, 6.07) is 14.1. The molecule has 0 bridgehead atoms. The van der Waals surface area contributed by atoms with Gasteiger partial charge in [0.05, 0.1) is 16.6 Å². The smallest absolute Gasteiger partial charge is 0.328 e. The summed E-state index contributed by atoms with van der Waals surface area (Å²) in [6.45, 7) is 0. The van der Waals surface area contributed by atoms with Crippen LogP contribution in [0.4, 0.5) is 0 Å². The second-order valence-corrected chi connectivity index (χ2v) is 5.27. The van der Waals surface area contributed by atoms with E-state index in [9.17, 15) is 9.59 Å². The van der Waals surface area contributed by atoms with Crippen LogP contribution in [0.25, 0.3) is 22.7 Å². The lowest BCUT2D eigenvalue weighted by molar-refractivity contribution is -0.131. The topological polar surface area (TPSA) is 75.1 Å². The number of carbonyl (C=O) groups is 1. The lowest BCUT2D eigenvalue weighted by Crippen LogP contribution is -2.20. The number of nitrogens with zero attached hydrogens (tertiary/aromatic N) is 1. The molecule has 0 atom stereocenters. The number of carboxylic acid groups (broad SMARTS) is 1. The molecule has 2 N–H and O–H groups in total. The van der Waals surface area contributed by atoms with Crippen molar-refractivity contribution in [3.8, 4) is 5.69 Å². The average Bonchev–Trinajstić information content (AvgIpc) is 2.54. The van der Waals surface area contributed by atoms with Crippen molar-refractivity contribution in [2.45, 2.75) is 0 Å². The average molecular weight is 324 g/mol. The van der Waals surface area contributed by atoms with Gasteiger partial charge in [0, 0.05) is 6.08 Å². The van der Waals surface area contributed by atoms with Gasteiger partial charge in [0.2, 0.25) is 0 Å². The number of rotatable bonds is 3. The number of benzene rings is 2. The van der Waals surface area contributed by atoms with Gasteiger partial charge in [0.25, 0.3) is 5.56 Å². The molecule has 23 heavy (non-hydrogen) atoms. The summed E-state index contributed by atoms with van der Waals surface area (Å²) < 4.78 is 1.73. The number of aromatic nitrogens is 2. The second-order valence-electron chi connectivity index (χ2n) is 4.88. The first-order valence-corrected chi connectivity index (χ1v) is 7.22. The molecule has 3 aromatic rings. The Bertz CT molecular complexity index is 1030. The maximum Gasteiger partial charge on any atom is 0.328 e. The monoisotopic (exact) mass is 324 g/mol. The fourth-order valence-corrected chi connectivity index (χ4v) is 2.60. The van der Waals surface area contributed by atoms with Gasteiger partial charge in [-0.2, -0.15) is 0 Å². The zero-order valence-corrected chi connectivity index (χ0v) is 12.7. The summed E-state index contributed by atoms with van der Waals surface area (Å²) in [6.07, 6.45) is 2.54. The van der Waals surface area contributed by atoms with Crippen molar-refractivity contribution >= 4 is 35.2 Å². The molecule has 0 saturated heterocycles. The highest BCUT2D eigenvalue weighted by Gasteiger charge is 2.06. The molecule has 0 spiro atoms. The highest BCUT2D eigenvalue weighted by molar-refractivity contribution is 7.71. The van der Waals surface area contributed by atoms with Crippen molar-refractivity contribution in [1.82, 2.24) is 9.55 Å². The Hall–Kier alpha value is -2.99. The first-order valence-electron chi connectivity index (χ1n) is 6.82. The van der Waals surface area contributed by atoms with Crippen LogP contribution in [0.15, 0.2) is 59.4 Å². The van der Waals surface area contributed by atoms with E-state index < -0.39 is 5.97 Å². The maximum atomic E-state index is 12.6. The van der Waals surface area contributed by atoms with Crippen LogP contribution in [0.1, 0.15) is 5.56 Å². The Labute approximate surface area is 136 Å². The summed E-state index contributed by atoms with van der Waals surface area (Å²) >= 11 is 5.28. The summed E-state index contributed by atoms with van der Waals surface area (Å²) in [5, 5.41) is 9.18. The van der Waals surface area contributed by atoms with Gasteiger partial charge < -0.3 is 10.1 Å². The number of H-pyrrole nitrogens is 1. The van der Waals surface area contributed by atoms with E-state index >= 15 is 0 Å². The van der Waals surface area contributed by atoms with Crippen molar-refractivity contribution < 1.29 is 9.90 Å². The molecular weight excluding hydrogens is 312 g/mol. The minimum absolute atomic E-state index is 0.196. The standard InChI is InChI=1S/C17H12N2O3S/c20-15(21)10-7-11-5-8-12(9-6-11)19-16(22)13-3-1-2-4-14(13)18-17(19)23/h1-10H,(H,18,23)(H,20,21)/b10-7+. The highest BCUT2D eigenvalue weighted by atomic mass is 32.1. The number of para-hydroxylation sites is 1. The fraction of sp³-hybridized carbons (Fsp3) is 0. The number of hydrogen-bond donors (Lipinski definition) is 2. The van der Waals surface area contributed by atoms with Gasteiger partial charge in [-0.05, 0) is 48.1 Å². The number of nitrogens with one attached hydrogen (secondary N) is 1. The molecule has 6 heteroatoms. The van der Waals surface area contributed by atoms with E-state index in [2.05, 4.69) is 4.98 Å². The Morgan fingerprint density at radius 1 is 1.13 bits per heavy atom. The molecule has 5 nitrogen and oxygen atoms in total. The van der Waals surface area contributed by atoms with E-state index in [0.717, 1.165) is 11.6 Å². The molecule has 0 amide bonds. The number of fused-ring (bicyclic) bond motifs is 1. The van der Waals surface area contributed by atoms with Gasteiger partial charge in [-0.1, -0.05) is 24.3 Å². The van der Waals surface area contributed by atoms with Crippen molar-refractivity contribution in [2.24, 2.45) is 0 Å². The molecule has 0 aliphatic rings. The molecule has 0 radical (unpaired) electrons. The third-order valence-corrected chi connectivity index (χ3v) is 3.66. The molecule has 1 aromatic heterocycles. The molecule has 114 valence electrons.